The standard InChI is InChI=1S/C13H19N3OS/c1-5-8(3)17-11-10-7-9(6-2)18-12(10)16-13(14-4)15-11/h7-8H,5-6H2,1-4H3,(H,14,15,16). The van der Waals surface area contributed by atoms with E-state index in [2.05, 4.69) is 42.1 Å². The molecule has 2 aromatic rings. The van der Waals surface area contributed by atoms with Crippen LogP contribution >= 0.6 is 11.3 Å². The maximum Gasteiger partial charge on any atom is 0.227 e. The van der Waals surface area contributed by atoms with Crippen molar-refractivity contribution in [2.75, 3.05) is 12.4 Å². The van der Waals surface area contributed by atoms with Gasteiger partial charge in [0.1, 0.15) is 4.83 Å². The zero-order chi connectivity index (χ0) is 13.1. The summed E-state index contributed by atoms with van der Waals surface area (Å²) >= 11 is 1.70. The zero-order valence-corrected chi connectivity index (χ0v) is 12.1. The highest BCUT2D eigenvalue weighted by atomic mass is 32.1. The van der Waals surface area contributed by atoms with E-state index >= 15 is 0 Å². The second-order valence-corrected chi connectivity index (χ2v) is 5.34. The maximum atomic E-state index is 5.89. The summed E-state index contributed by atoms with van der Waals surface area (Å²) in [4.78, 5) is 11.2. The number of hydrogen-bond donors (Lipinski definition) is 1. The van der Waals surface area contributed by atoms with E-state index in [9.17, 15) is 0 Å². The molecule has 2 rings (SSSR count). The van der Waals surface area contributed by atoms with Crippen molar-refractivity contribution in [3.05, 3.63) is 10.9 Å². The lowest BCUT2D eigenvalue weighted by Gasteiger charge is -2.12. The molecule has 0 saturated heterocycles. The molecular formula is C13H19N3OS. The second kappa shape index (κ2) is 5.52. The second-order valence-electron chi connectivity index (χ2n) is 4.22. The van der Waals surface area contributed by atoms with Gasteiger partial charge in [0, 0.05) is 11.9 Å². The molecular weight excluding hydrogens is 246 g/mol. The van der Waals surface area contributed by atoms with Crippen LogP contribution in [0, 0.1) is 0 Å². The van der Waals surface area contributed by atoms with Crippen LogP contribution in [0.5, 0.6) is 5.88 Å². The van der Waals surface area contributed by atoms with Crippen molar-refractivity contribution in [3.63, 3.8) is 0 Å². The fraction of sp³-hybridized carbons (Fsp3) is 0.538. The first kappa shape index (κ1) is 13.1. The third kappa shape index (κ3) is 2.56. The lowest BCUT2D eigenvalue weighted by molar-refractivity contribution is 0.212. The first-order chi connectivity index (χ1) is 8.67. The van der Waals surface area contributed by atoms with Crippen LogP contribution < -0.4 is 10.1 Å². The molecule has 0 aliphatic carbocycles. The molecule has 0 aliphatic rings. The first-order valence-electron chi connectivity index (χ1n) is 6.32. The SMILES string of the molecule is CCc1cc2c(OC(C)CC)nc(NC)nc2s1. The summed E-state index contributed by atoms with van der Waals surface area (Å²) in [5, 5.41) is 4.01. The Bertz CT molecular complexity index is 538. The van der Waals surface area contributed by atoms with Gasteiger partial charge < -0.3 is 10.1 Å². The minimum Gasteiger partial charge on any atom is -0.474 e. The van der Waals surface area contributed by atoms with Gasteiger partial charge in [-0.3, -0.25) is 0 Å². The minimum absolute atomic E-state index is 0.165. The van der Waals surface area contributed by atoms with Gasteiger partial charge >= 0.3 is 0 Å². The molecule has 0 fully saturated rings. The molecule has 4 nitrogen and oxygen atoms in total. The predicted octanol–water partition coefficient (Wildman–Crippen LogP) is 3.47. The predicted molar refractivity (Wildman–Crippen MR) is 76.7 cm³/mol. The van der Waals surface area contributed by atoms with Gasteiger partial charge in [0.15, 0.2) is 0 Å². The van der Waals surface area contributed by atoms with E-state index in [0.717, 1.165) is 23.1 Å². The molecule has 0 spiro atoms. The average Bonchev–Trinajstić information content (AvgIpc) is 2.81. The quantitative estimate of drug-likeness (QED) is 0.899. The van der Waals surface area contributed by atoms with Gasteiger partial charge in [0.05, 0.1) is 11.5 Å². The molecule has 0 aromatic carbocycles. The van der Waals surface area contributed by atoms with Crippen LogP contribution in [-0.2, 0) is 6.42 Å². The number of ether oxygens (including phenoxy) is 1. The Hall–Kier alpha value is -1.36. The number of aromatic nitrogens is 2. The number of rotatable bonds is 5. The number of thiophene rings is 1. The average molecular weight is 265 g/mol. The van der Waals surface area contributed by atoms with E-state index in [1.54, 1.807) is 11.3 Å². The van der Waals surface area contributed by atoms with E-state index in [4.69, 9.17) is 4.74 Å². The van der Waals surface area contributed by atoms with Gasteiger partial charge in [-0.1, -0.05) is 13.8 Å². The lowest BCUT2D eigenvalue weighted by Crippen LogP contribution is -2.11. The van der Waals surface area contributed by atoms with Gasteiger partial charge in [-0.05, 0) is 25.8 Å². The fourth-order valence-corrected chi connectivity index (χ4v) is 2.55. The van der Waals surface area contributed by atoms with Crippen molar-refractivity contribution in [1.82, 2.24) is 9.97 Å². The molecule has 5 heteroatoms. The van der Waals surface area contributed by atoms with Crippen molar-refractivity contribution < 1.29 is 4.74 Å². The largest absolute Gasteiger partial charge is 0.474 e. The molecule has 98 valence electrons. The Kier molecular flexibility index (Phi) is 4.01. The van der Waals surface area contributed by atoms with Crippen LogP contribution in [0.1, 0.15) is 32.1 Å². The molecule has 1 atom stereocenters. The van der Waals surface area contributed by atoms with E-state index in [1.807, 2.05) is 7.05 Å². The Labute approximate surface area is 111 Å². The lowest BCUT2D eigenvalue weighted by atomic mass is 10.3. The third-order valence-electron chi connectivity index (χ3n) is 2.87. The summed E-state index contributed by atoms with van der Waals surface area (Å²) in [6.45, 7) is 6.31. The molecule has 1 N–H and O–H groups in total. The fourth-order valence-electron chi connectivity index (χ4n) is 1.59. The van der Waals surface area contributed by atoms with Crippen molar-refractivity contribution in [1.29, 1.82) is 0 Å². The van der Waals surface area contributed by atoms with Crippen molar-refractivity contribution in [3.8, 4) is 5.88 Å². The number of hydrogen-bond acceptors (Lipinski definition) is 5. The molecule has 2 heterocycles. The summed E-state index contributed by atoms with van der Waals surface area (Å²) in [6, 6.07) is 2.14. The highest BCUT2D eigenvalue weighted by molar-refractivity contribution is 7.18. The molecule has 18 heavy (non-hydrogen) atoms. The van der Waals surface area contributed by atoms with E-state index < -0.39 is 0 Å². The molecule has 1 unspecified atom stereocenters. The van der Waals surface area contributed by atoms with Gasteiger partial charge in [0.25, 0.3) is 0 Å². The smallest absolute Gasteiger partial charge is 0.227 e. The number of nitrogens with one attached hydrogen (secondary N) is 1. The number of anilines is 1. The third-order valence-corrected chi connectivity index (χ3v) is 4.04. The maximum absolute atomic E-state index is 5.89. The van der Waals surface area contributed by atoms with Crippen molar-refractivity contribution >= 4 is 27.5 Å². The number of aryl methyl sites for hydroxylation is 1. The van der Waals surface area contributed by atoms with Gasteiger partial charge in [0.2, 0.25) is 11.8 Å². The zero-order valence-electron chi connectivity index (χ0n) is 11.3. The highest BCUT2D eigenvalue weighted by Gasteiger charge is 2.13. The topological polar surface area (TPSA) is 47.0 Å². The number of fused-ring (bicyclic) bond motifs is 1. The van der Waals surface area contributed by atoms with E-state index in [-0.39, 0.29) is 6.10 Å². The Balaban J connectivity index is 2.49. The Morgan fingerprint density at radius 1 is 1.39 bits per heavy atom. The van der Waals surface area contributed by atoms with Gasteiger partial charge in [-0.2, -0.15) is 4.98 Å². The summed E-state index contributed by atoms with van der Waals surface area (Å²) in [6.07, 6.45) is 2.14. The minimum atomic E-state index is 0.165. The molecule has 0 saturated carbocycles. The molecule has 0 radical (unpaired) electrons. The van der Waals surface area contributed by atoms with E-state index in [0.29, 0.717) is 11.8 Å². The van der Waals surface area contributed by atoms with Crippen LogP contribution in [0.15, 0.2) is 6.07 Å². The summed E-state index contributed by atoms with van der Waals surface area (Å²) in [7, 11) is 1.82. The monoisotopic (exact) mass is 265 g/mol. The molecule has 0 aliphatic heterocycles. The first-order valence-corrected chi connectivity index (χ1v) is 7.14. The van der Waals surface area contributed by atoms with Crippen molar-refractivity contribution in [2.24, 2.45) is 0 Å². The van der Waals surface area contributed by atoms with Crippen LogP contribution in [0.2, 0.25) is 0 Å². The van der Waals surface area contributed by atoms with Gasteiger partial charge in [-0.15, -0.1) is 11.3 Å². The van der Waals surface area contributed by atoms with Crippen LogP contribution in [0.4, 0.5) is 5.95 Å². The summed E-state index contributed by atoms with van der Waals surface area (Å²) < 4.78 is 5.89. The summed E-state index contributed by atoms with van der Waals surface area (Å²) in [5.41, 5.74) is 0. The molecule has 0 bridgehead atoms. The van der Waals surface area contributed by atoms with Crippen molar-refractivity contribution in [2.45, 2.75) is 39.7 Å². The van der Waals surface area contributed by atoms with Crippen LogP contribution in [-0.4, -0.2) is 23.1 Å². The highest BCUT2D eigenvalue weighted by Crippen LogP contribution is 2.32. The Morgan fingerprint density at radius 2 is 2.17 bits per heavy atom. The van der Waals surface area contributed by atoms with E-state index in [1.165, 1.54) is 4.88 Å². The normalized spacial score (nSPS) is 12.7. The summed E-state index contributed by atoms with van der Waals surface area (Å²) in [5.74, 6) is 1.31. The molecule has 0 amide bonds. The van der Waals surface area contributed by atoms with Gasteiger partial charge in [-0.25, -0.2) is 4.98 Å². The Morgan fingerprint density at radius 3 is 2.78 bits per heavy atom. The van der Waals surface area contributed by atoms with Crippen LogP contribution in [0.25, 0.3) is 10.2 Å². The van der Waals surface area contributed by atoms with Crippen LogP contribution in [0.3, 0.4) is 0 Å². The number of nitrogens with zero attached hydrogens (tertiary/aromatic N) is 2. The molecule has 2 aromatic heterocycles.